The Morgan fingerprint density at radius 2 is 1.59 bits per heavy atom. The molecule has 0 spiro atoms. The highest BCUT2D eigenvalue weighted by Gasteiger charge is 2.28. The number of pyridine rings is 2. The molecule has 4 aromatic rings. The van der Waals surface area contributed by atoms with Crippen molar-refractivity contribution in [2.45, 2.75) is 31.6 Å². The summed E-state index contributed by atoms with van der Waals surface area (Å²) in [4.78, 5) is 26.0. The van der Waals surface area contributed by atoms with Gasteiger partial charge in [0.15, 0.2) is 0 Å². The summed E-state index contributed by atoms with van der Waals surface area (Å²) in [5.74, 6) is 0.471. The number of urea groups is 1. The number of piperidine rings is 1. The SMILES string of the molecule is O=C(N1CCCC1)N1CCC(c2ccn3c(-c4ccnc(-c5ccccc5)c4)cnc3c2)CC1. The van der Waals surface area contributed by atoms with Crippen LogP contribution < -0.4 is 0 Å². The minimum Gasteiger partial charge on any atom is -0.325 e. The molecule has 6 nitrogen and oxygen atoms in total. The molecular weight excluding hydrogens is 422 g/mol. The van der Waals surface area contributed by atoms with Crippen LogP contribution in [-0.4, -0.2) is 56.4 Å². The van der Waals surface area contributed by atoms with E-state index in [-0.39, 0.29) is 6.03 Å². The number of carbonyl (C=O) groups excluding carboxylic acids is 1. The third kappa shape index (κ3) is 3.94. The van der Waals surface area contributed by atoms with Crippen LogP contribution in [-0.2, 0) is 0 Å². The summed E-state index contributed by atoms with van der Waals surface area (Å²) in [6, 6.07) is 19.1. The van der Waals surface area contributed by atoms with Crippen molar-refractivity contribution in [3.63, 3.8) is 0 Å². The minimum absolute atomic E-state index is 0.233. The fourth-order valence-corrected chi connectivity index (χ4v) is 5.33. The average molecular weight is 452 g/mol. The average Bonchev–Trinajstić information content (AvgIpc) is 3.59. The number of rotatable bonds is 3. The third-order valence-corrected chi connectivity index (χ3v) is 7.28. The zero-order valence-electron chi connectivity index (χ0n) is 19.3. The quantitative estimate of drug-likeness (QED) is 0.416. The number of hydrogen-bond acceptors (Lipinski definition) is 3. The van der Waals surface area contributed by atoms with Crippen LogP contribution in [0.2, 0.25) is 0 Å². The molecule has 0 unspecified atom stereocenters. The highest BCUT2D eigenvalue weighted by atomic mass is 16.2. The number of likely N-dealkylation sites (tertiary alicyclic amines) is 2. The molecule has 0 bridgehead atoms. The molecule has 3 aromatic heterocycles. The van der Waals surface area contributed by atoms with Gasteiger partial charge in [-0.25, -0.2) is 9.78 Å². The molecule has 5 heterocycles. The lowest BCUT2D eigenvalue weighted by atomic mass is 9.90. The maximum absolute atomic E-state index is 12.7. The second kappa shape index (κ2) is 8.93. The second-order valence-corrected chi connectivity index (χ2v) is 9.37. The Morgan fingerprint density at radius 1 is 0.824 bits per heavy atom. The zero-order valence-corrected chi connectivity index (χ0v) is 19.3. The van der Waals surface area contributed by atoms with Crippen molar-refractivity contribution in [1.29, 1.82) is 0 Å². The first-order chi connectivity index (χ1) is 16.8. The smallest absolute Gasteiger partial charge is 0.319 e. The van der Waals surface area contributed by atoms with Crippen LogP contribution >= 0.6 is 0 Å². The van der Waals surface area contributed by atoms with Gasteiger partial charge in [0.1, 0.15) is 5.65 Å². The Morgan fingerprint density at radius 3 is 2.38 bits per heavy atom. The van der Waals surface area contributed by atoms with Gasteiger partial charge in [0.25, 0.3) is 0 Å². The van der Waals surface area contributed by atoms with Crippen LogP contribution in [0.1, 0.15) is 37.2 Å². The molecule has 6 rings (SSSR count). The summed E-state index contributed by atoms with van der Waals surface area (Å²) in [6.07, 6.45) is 10.2. The summed E-state index contributed by atoms with van der Waals surface area (Å²) < 4.78 is 2.15. The molecule has 2 fully saturated rings. The molecule has 172 valence electrons. The number of aromatic nitrogens is 3. The highest BCUT2D eigenvalue weighted by Crippen LogP contribution is 2.31. The van der Waals surface area contributed by atoms with Gasteiger partial charge in [0.05, 0.1) is 17.6 Å². The molecule has 2 aliphatic rings. The number of fused-ring (bicyclic) bond motifs is 1. The fourth-order valence-electron chi connectivity index (χ4n) is 5.33. The molecule has 34 heavy (non-hydrogen) atoms. The molecule has 0 saturated carbocycles. The van der Waals surface area contributed by atoms with Crippen LogP contribution in [0.15, 0.2) is 73.2 Å². The molecule has 2 saturated heterocycles. The zero-order chi connectivity index (χ0) is 22.9. The number of benzene rings is 1. The van der Waals surface area contributed by atoms with Gasteiger partial charge in [0, 0.05) is 49.7 Å². The number of amides is 2. The van der Waals surface area contributed by atoms with Crippen molar-refractivity contribution in [1.82, 2.24) is 24.2 Å². The van der Waals surface area contributed by atoms with E-state index in [4.69, 9.17) is 4.98 Å². The molecule has 0 aliphatic carbocycles. The number of hydrogen-bond donors (Lipinski definition) is 0. The van der Waals surface area contributed by atoms with Crippen molar-refractivity contribution in [2.75, 3.05) is 26.2 Å². The normalized spacial score (nSPS) is 16.9. The molecule has 0 atom stereocenters. The van der Waals surface area contributed by atoms with E-state index in [2.05, 4.69) is 45.9 Å². The predicted octanol–water partition coefficient (Wildman–Crippen LogP) is 5.46. The van der Waals surface area contributed by atoms with Crippen molar-refractivity contribution in [3.05, 3.63) is 78.8 Å². The lowest BCUT2D eigenvalue weighted by Crippen LogP contribution is -2.45. The van der Waals surface area contributed by atoms with E-state index in [0.29, 0.717) is 5.92 Å². The van der Waals surface area contributed by atoms with Gasteiger partial charge < -0.3 is 9.80 Å². The molecule has 0 N–H and O–H groups in total. The van der Waals surface area contributed by atoms with E-state index in [1.165, 1.54) is 5.56 Å². The molecule has 1 aromatic carbocycles. The molecule has 2 aliphatic heterocycles. The number of imidazole rings is 1. The van der Waals surface area contributed by atoms with E-state index < -0.39 is 0 Å². The van der Waals surface area contributed by atoms with Crippen molar-refractivity contribution in [3.8, 4) is 22.5 Å². The van der Waals surface area contributed by atoms with E-state index in [1.54, 1.807) is 0 Å². The van der Waals surface area contributed by atoms with Gasteiger partial charge in [-0.05, 0) is 61.4 Å². The van der Waals surface area contributed by atoms with Crippen LogP contribution in [0, 0.1) is 0 Å². The van der Waals surface area contributed by atoms with Crippen LogP contribution in [0.4, 0.5) is 4.79 Å². The largest absolute Gasteiger partial charge is 0.325 e. The van der Waals surface area contributed by atoms with E-state index in [1.807, 2.05) is 46.5 Å². The molecule has 2 amide bonds. The predicted molar refractivity (Wildman–Crippen MR) is 134 cm³/mol. The van der Waals surface area contributed by atoms with Crippen LogP contribution in [0.5, 0.6) is 0 Å². The lowest BCUT2D eigenvalue weighted by molar-refractivity contribution is 0.148. The van der Waals surface area contributed by atoms with E-state index in [0.717, 1.165) is 80.0 Å². The Hall–Kier alpha value is -3.67. The number of carbonyl (C=O) groups is 1. The first-order valence-electron chi connectivity index (χ1n) is 12.3. The molecule has 0 radical (unpaired) electrons. The monoisotopic (exact) mass is 451 g/mol. The maximum atomic E-state index is 12.7. The second-order valence-electron chi connectivity index (χ2n) is 9.37. The Bertz CT molecular complexity index is 1300. The lowest BCUT2D eigenvalue weighted by Gasteiger charge is -2.34. The van der Waals surface area contributed by atoms with Crippen molar-refractivity contribution < 1.29 is 4.79 Å². The van der Waals surface area contributed by atoms with Crippen LogP contribution in [0.25, 0.3) is 28.2 Å². The summed E-state index contributed by atoms with van der Waals surface area (Å²) in [6.45, 7) is 3.51. The topological polar surface area (TPSA) is 53.7 Å². The van der Waals surface area contributed by atoms with E-state index in [9.17, 15) is 4.79 Å². The summed E-state index contributed by atoms with van der Waals surface area (Å²) in [5, 5.41) is 0. The summed E-state index contributed by atoms with van der Waals surface area (Å²) >= 11 is 0. The first-order valence-corrected chi connectivity index (χ1v) is 12.3. The van der Waals surface area contributed by atoms with Gasteiger partial charge in [-0.2, -0.15) is 0 Å². The van der Waals surface area contributed by atoms with Crippen molar-refractivity contribution in [2.24, 2.45) is 0 Å². The third-order valence-electron chi connectivity index (χ3n) is 7.28. The first kappa shape index (κ1) is 20.9. The van der Waals surface area contributed by atoms with Gasteiger partial charge in [-0.3, -0.25) is 9.38 Å². The molecular formula is C28H29N5O. The Kier molecular flexibility index (Phi) is 5.49. The maximum Gasteiger partial charge on any atom is 0.319 e. The molecule has 6 heteroatoms. The van der Waals surface area contributed by atoms with E-state index >= 15 is 0 Å². The minimum atomic E-state index is 0.233. The van der Waals surface area contributed by atoms with Gasteiger partial charge in [-0.15, -0.1) is 0 Å². The number of nitrogens with zero attached hydrogens (tertiary/aromatic N) is 5. The van der Waals surface area contributed by atoms with Gasteiger partial charge >= 0.3 is 6.03 Å². The standard InChI is InChI=1S/C28H29N5O/c34-28(31-13-4-5-14-31)32-15-9-21(10-16-32)23-11-17-33-26(20-30-27(33)19-23)24-8-12-29-25(18-24)22-6-2-1-3-7-22/h1-3,6-8,11-12,17-21H,4-5,9-10,13-16H2. The Balaban J connectivity index is 1.20. The van der Waals surface area contributed by atoms with Gasteiger partial charge in [-0.1, -0.05) is 30.3 Å². The Labute approximate surface area is 199 Å². The van der Waals surface area contributed by atoms with Gasteiger partial charge in [0.2, 0.25) is 0 Å². The van der Waals surface area contributed by atoms with Crippen molar-refractivity contribution >= 4 is 11.7 Å². The van der Waals surface area contributed by atoms with Crippen LogP contribution in [0.3, 0.4) is 0 Å². The fraction of sp³-hybridized carbons (Fsp3) is 0.321. The highest BCUT2D eigenvalue weighted by molar-refractivity contribution is 5.75. The summed E-state index contributed by atoms with van der Waals surface area (Å²) in [7, 11) is 0. The summed E-state index contributed by atoms with van der Waals surface area (Å²) in [5.41, 5.74) is 6.50.